The van der Waals surface area contributed by atoms with Gasteiger partial charge < -0.3 is 5.11 Å². The first-order valence-corrected chi connectivity index (χ1v) is 5.64. The van der Waals surface area contributed by atoms with Gasteiger partial charge in [0.15, 0.2) is 0 Å². The summed E-state index contributed by atoms with van der Waals surface area (Å²) in [6.07, 6.45) is -0.424. The molecule has 0 saturated carbocycles. The van der Waals surface area contributed by atoms with Crippen molar-refractivity contribution >= 4 is 10.9 Å². The number of pyridine rings is 1. The summed E-state index contributed by atoms with van der Waals surface area (Å²) < 4.78 is 0. The highest BCUT2D eigenvalue weighted by Crippen LogP contribution is 2.28. The summed E-state index contributed by atoms with van der Waals surface area (Å²) in [5, 5.41) is 11.2. The Hall–Kier alpha value is -1.41. The summed E-state index contributed by atoms with van der Waals surface area (Å²) >= 11 is 0. The zero-order valence-corrected chi connectivity index (χ0v) is 9.94. The molecule has 1 N–H and O–H groups in total. The van der Waals surface area contributed by atoms with Crippen LogP contribution < -0.4 is 0 Å². The largest absolute Gasteiger partial charge is 0.388 e. The molecule has 0 radical (unpaired) electrons. The first-order valence-electron chi connectivity index (χ1n) is 5.64. The maximum Gasteiger partial charge on any atom is 0.0820 e. The topological polar surface area (TPSA) is 33.1 Å². The van der Waals surface area contributed by atoms with Crippen molar-refractivity contribution in [3.63, 3.8) is 0 Å². The van der Waals surface area contributed by atoms with E-state index in [0.717, 1.165) is 22.2 Å². The highest BCUT2D eigenvalue weighted by molar-refractivity contribution is 5.82. The Morgan fingerprint density at radius 1 is 1.19 bits per heavy atom. The normalized spacial score (nSPS) is 13.3. The quantitative estimate of drug-likeness (QED) is 0.834. The van der Waals surface area contributed by atoms with Crippen LogP contribution >= 0.6 is 0 Å². The van der Waals surface area contributed by atoms with Crippen LogP contribution in [0.2, 0.25) is 0 Å². The highest BCUT2D eigenvalue weighted by atomic mass is 16.3. The van der Waals surface area contributed by atoms with Gasteiger partial charge in [0, 0.05) is 11.1 Å². The van der Waals surface area contributed by atoms with Gasteiger partial charge in [0.1, 0.15) is 0 Å². The number of hydrogen-bond acceptors (Lipinski definition) is 2. The average molecular weight is 215 g/mol. The van der Waals surface area contributed by atoms with Crippen molar-refractivity contribution in [1.29, 1.82) is 0 Å². The van der Waals surface area contributed by atoms with Crippen LogP contribution in [0.1, 0.15) is 31.2 Å². The third-order valence-electron chi connectivity index (χ3n) is 2.83. The molecule has 2 heteroatoms. The van der Waals surface area contributed by atoms with Crippen molar-refractivity contribution in [3.8, 4) is 0 Å². The molecule has 1 aromatic heterocycles. The van der Waals surface area contributed by atoms with E-state index in [2.05, 4.69) is 4.98 Å². The number of nitrogens with zero attached hydrogens (tertiary/aromatic N) is 1. The van der Waals surface area contributed by atoms with E-state index in [0.29, 0.717) is 0 Å². The lowest BCUT2D eigenvalue weighted by molar-refractivity contribution is 0.128. The highest BCUT2D eigenvalue weighted by Gasteiger charge is 2.15. The molecule has 0 fully saturated rings. The molecule has 2 aromatic rings. The van der Waals surface area contributed by atoms with Crippen LogP contribution in [0, 0.1) is 12.8 Å². The van der Waals surface area contributed by atoms with Crippen LogP contribution in [0.4, 0.5) is 0 Å². The molecule has 0 aliphatic carbocycles. The van der Waals surface area contributed by atoms with Crippen LogP contribution in [0.3, 0.4) is 0 Å². The van der Waals surface area contributed by atoms with Gasteiger partial charge in [0.05, 0.1) is 11.6 Å². The van der Waals surface area contributed by atoms with Crippen LogP contribution in [-0.4, -0.2) is 10.1 Å². The van der Waals surface area contributed by atoms with E-state index in [9.17, 15) is 5.11 Å². The molecule has 0 bridgehead atoms. The van der Waals surface area contributed by atoms with Crippen molar-refractivity contribution in [1.82, 2.24) is 4.98 Å². The summed E-state index contributed by atoms with van der Waals surface area (Å²) in [5.74, 6) is 0.213. The van der Waals surface area contributed by atoms with E-state index in [1.54, 1.807) is 0 Å². The molecule has 1 heterocycles. The van der Waals surface area contributed by atoms with Gasteiger partial charge in [-0.05, 0) is 30.5 Å². The first-order chi connectivity index (χ1) is 7.59. The van der Waals surface area contributed by atoms with Crippen LogP contribution in [0.15, 0.2) is 30.3 Å². The van der Waals surface area contributed by atoms with Gasteiger partial charge in [-0.25, -0.2) is 0 Å². The van der Waals surface area contributed by atoms with Crippen molar-refractivity contribution in [2.24, 2.45) is 5.92 Å². The van der Waals surface area contributed by atoms with Gasteiger partial charge >= 0.3 is 0 Å². The monoisotopic (exact) mass is 215 g/mol. The van der Waals surface area contributed by atoms with Crippen molar-refractivity contribution in [2.45, 2.75) is 26.9 Å². The molecule has 0 saturated heterocycles. The van der Waals surface area contributed by atoms with Crippen LogP contribution in [0.5, 0.6) is 0 Å². The SMILES string of the molecule is Cc1cc(C(O)C(C)C)c2ccccc2n1. The van der Waals surface area contributed by atoms with E-state index in [-0.39, 0.29) is 5.92 Å². The molecular formula is C14H17NO. The molecular weight excluding hydrogens is 198 g/mol. The molecule has 2 nitrogen and oxygen atoms in total. The molecule has 1 atom stereocenters. The lowest BCUT2D eigenvalue weighted by Gasteiger charge is -2.17. The number of aliphatic hydroxyl groups is 1. The van der Waals surface area contributed by atoms with Gasteiger partial charge in [0.25, 0.3) is 0 Å². The van der Waals surface area contributed by atoms with E-state index in [1.165, 1.54) is 0 Å². The molecule has 0 amide bonds. The number of rotatable bonds is 2. The lowest BCUT2D eigenvalue weighted by Crippen LogP contribution is -2.07. The average Bonchev–Trinajstić information content (AvgIpc) is 2.26. The maximum absolute atomic E-state index is 10.2. The molecule has 0 spiro atoms. The molecule has 16 heavy (non-hydrogen) atoms. The minimum atomic E-state index is -0.424. The number of para-hydroxylation sites is 1. The lowest BCUT2D eigenvalue weighted by atomic mass is 9.95. The molecule has 0 aliphatic heterocycles. The van der Waals surface area contributed by atoms with Crippen molar-refractivity contribution in [3.05, 3.63) is 41.6 Å². The Morgan fingerprint density at radius 2 is 1.88 bits per heavy atom. The summed E-state index contributed by atoms with van der Waals surface area (Å²) in [7, 11) is 0. The van der Waals surface area contributed by atoms with Gasteiger partial charge in [-0.3, -0.25) is 4.98 Å². The summed E-state index contributed by atoms with van der Waals surface area (Å²) in [5.41, 5.74) is 2.89. The third-order valence-corrected chi connectivity index (χ3v) is 2.83. The van der Waals surface area contributed by atoms with Gasteiger partial charge in [-0.2, -0.15) is 0 Å². The second-order valence-electron chi connectivity index (χ2n) is 4.56. The fourth-order valence-corrected chi connectivity index (χ4v) is 1.94. The third kappa shape index (κ3) is 1.93. The van der Waals surface area contributed by atoms with E-state index >= 15 is 0 Å². The predicted octanol–water partition coefficient (Wildman–Crippen LogP) is 3.23. The zero-order valence-electron chi connectivity index (χ0n) is 9.94. The fraction of sp³-hybridized carbons (Fsp3) is 0.357. The smallest absolute Gasteiger partial charge is 0.0820 e. The molecule has 2 rings (SSSR count). The van der Waals surface area contributed by atoms with Gasteiger partial charge in [-0.1, -0.05) is 32.0 Å². The molecule has 84 valence electrons. The summed E-state index contributed by atoms with van der Waals surface area (Å²) in [4.78, 5) is 4.47. The van der Waals surface area contributed by atoms with Crippen LogP contribution in [0.25, 0.3) is 10.9 Å². The molecule has 1 unspecified atom stereocenters. The van der Waals surface area contributed by atoms with Crippen molar-refractivity contribution < 1.29 is 5.11 Å². The Kier molecular flexibility index (Phi) is 2.92. The van der Waals surface area contributed by atoms with Gasteiger partial charge in [-0.15, -0.1) is 0 Å². The Bertz CT molecular complexity index is 505. The number of benzene rings is 1. The Labute approximate surface area is 96.0 Å². The van der Waals surface area contributed by atoms with Gasteiger partial charge in [0.2, 0.25) is 0 Å². The number of hydrogen-bond donors (Lipinski definition) is 1. The minimum absolute atomic E-state index is 0.213. The van der Waals surface area contributed by atoms with Crippen LogP contribution in [-0.2, 0) is 0 Å². The summed E-state index contributed by atoms with van der Waals surface area (Å²) in [6, 6.07) is 9.94. The van der Waals surface area contributed by atoms with Crippen molar-refractivity contribution in [2.75, 3.05) is 0 Å². The first kappa shape index (κ1) is 11.1. The standard InChI is InChI=1S/C14H17NO/c1-9(2)14(16)12-8-10(3)15-13-7-5-4-6-11(12)13/h4-9,14,16H,1-3H3. The number of fused-ring (bicyclic) bond motifs is 1. The Balaban J connectivity index is 2.67. The second-order valence-corrected chi connectivity index (χ2v) is 4.56. The Morgan fingerprint density at radius 3 is 2.56 bits per heavy atom. The van der Waals surface area contributed by atoms with E-state index in [1.807, 2.05) is 51.1 Å². The maximum atomic E-state index is 10.2. The van der Waals surface area contributed by atoms with E-state index in [4.69, 9.17) is 0 Å². The number of aryl methyl sites for hydroxylation is 1. The molecule has 1 aromatic carbocycles. The zero-order chi connectivity index (χ0) is 11.7. The second kappa shape index (κ2) is 4.22. The molecule has 0 aliphatic rings. The summed E-state index contributed by atoms with van der Waals surface area (Å²) in [6.45, 7) is 6.01. The van der Waals surface area contributed by atoms with E-state index < -0.39 is 6.10 Å². The predicted molar refractivity (Wildman–Crippen MR) is 66.3 cm³/mol. The fourth-order valence-electron chi connectivity index (χ4n) is 1.94. The number of aromatic nitrogens is 1. The number of aliphatic hydroxyl groups excluding tert-OH is 1. The minimum Gasteiger partial charge on any atom is -0.388 e.